The standard InChI is InChI=1S/C30H32Cl2N8O/c31-23-2-1-3-26(28(23)33)40-10-8-18(9-11-40)13-27(41)38-25-7-6-21-14-20(25)5-4-19-12-22(16-34-15-19)37-30-35-17-24(32)29(36-21)39-30/h1-3,6-7,14-19H,4-5,8-13,33H2,(H,38,41)(H2,35,36,37,39). The van der Waals surface area contributed by atoms with Crippen LogP contribution in [0.5, 0.6) is 0 Å². The molecule has 4 heterocycles. The van der Waals surface area contributed by atoms with Gasteiger partial charge in [0.1, 0.15) is 5.02 Å². The highest BCUT2D eigenvalue weighted by Gasteiger charge is 2.24. The molecule has 3 aliphatic heterocycles. The number of para-hydroxylation sites is 1. The molecule has 1 saturated heterocycles. The number of hydrogen-bond donors (Lipinski definition) is 4. The molecule has 3 aliphatic rings. The largest absolute Gasteiger partial charge is 0.396 e. The smallest absolute Gasteiger partial charge is 0.229 e. The number of rotatable bonds is 4. The molecule has 0 aliphatic carbocycles. The fraction of sp³-hybridized carbons (Fsp3) is 0.333. The van der Waals surface area contributed by atoms with Gasteiger partial charge in [0.25, 0.3) is 0 Å². The maximum atomic E-state index is 13.2. The van der Waals surface area contributed by atoms with Crippen LogP contribution in [0, 0.1) is 11.8 Å². The van der Waals surface area contributed by atoms with Gasteiger partial charge in [0, 0.05) is 54.9 Å². The second kappa shape index (κ2) is 12.0. The summed E-state index contributed by atoms with van der Waals surface area (Å²) in [5, 5.41) is 10.8. The zero-order chi connectivity index (χ0) is 28.3. The lowest BCUT2D eigenvalue weighted by Crippen LogP contribution is -2.35. The van der Waals surface area contributed by atoms with Gasteiger partial charge in [-0.05, 0) is 73.9 Å². The van der Waals surface area contributed by atoms with E-state index in [2.05, 4.69) is 41.9 Å². The van der Waals surface area contributed by atoms with E-state index in [1.165, 1.54) is 0 Å². The SMILES string of the molecule is Nc1c(Cl)cccc1N1CCC(CC(=O)Nc2ccc3cc2CCC2C=NC=C(C2)Nc2ncc(Cl)c(n2)N3)CC1. The molecule has 0 spiro atoms. The van der Waals surface area contributed by atoms with Gasteiger partial charge < -0.3 is 26.6 Å². The number of amides is 1. The molecule has 6 rings (SSSR count). The van der Waals surface area contributed by atoms with Gasteiger partial charge in [-0.25, -0.2) is 4.98 Å². The molecule has 3 aromatic rings. The summed E-state index contributed by atoms with van der Waals surface area (Å²) in [6.07, 6.45) is 10.2. The van der Waals surface area contributed by atoms with E-state index in [-0.39, 0.29) is 11.8 Å². The summed E-state index contributed by atoms with van der Waals surface area (Å²) in [5.41, 5.74) is 11.5. The molecule has 212 valence electrons. The topological polar surface area (TPSA) is 121 Å². The van der Waals surface area contributed by atoms with E-state index >= 15 is 0 Å². The van der Waals surface area contributed by atoms with Crippen LogP contribution >= 0.6 is 23.2 Å². The summed E-state index contributed by atoms with van der Waals surface area (Å²) in [6, 6.07) is 11.7. The summed E-state index contributed by atoms with van der Waals surface area (Å²) in [4.78, 5) is 28.8. The van der Waals surface area contributed by atoms with Crippen LogP contribution in [-0.4, -0.2) is 35.2 Å². The second-order valence-electron chi connectivity index (χ2n) is 10.8. The lowest BCUT2D eigenvalue weighted by molar-refractivity contribution is -0.117. The maximum absolute atomic E-state index is 13.2. The van der Waals surface area contributed by atoms with E-state index < -0.39 is 0 Å². The van der Waals surface area contributed by atoms with Crippen LogP contribution in [0.1, 0.15) is 37.7 Å². The van der Waals surface area contributed by atoms with Crippen LogP contribution in [0.25, 0.3) is 0 Å². The van der Waals surface area contributed by atoms with Crippen LogP contribution in [0.4, 0.5) is 34.5 Å². The van der Waals surface area contributed by atoms with Gasteiger partial charge in [-0.15, -0.1) is 0 Å². The van der Waals surface area contributed by atoms with Crippen LogP contribution in [0.15, 0.2) is 59.5 Å². The minimum absolute atomic E-state index is 0.0303. The first-order valence-electron chi connectivity index (χ1n) is 13.9. The lowest BCUT2D eigenvalue weighted by Gasteiger charge is -2.34. The van der Waals surface area contributed by atoms with Gasteiger partial charge >= 0.3 is 0 Å². The van der Waals surface area contributed by atoms with Gasteiger partial charge in [0.05, 0.1) is 22.6 Å². The molecular weight excluding hydrogens is 559 g/mol. The van der Waals surface area contributed by atoms with E-state index in [4.69, 9.17) is 28.9 Å². The number of nitrogen functional groups attached to an aromatic ring is 1. The number of aliphatic imine (C=N–C) groups is 1. The Bertz CT molecular complexity index is 1520. The number of carbonyl (C=O) groups is 1. The van der Waals surface area contributed by atoms with Gasteiger partial charge in [-0.2, -0.15) is 4.98 Å². The minimum atomic E-state index is 0.0303. The Morgan fingerprint density at radius 1 is 1.10 bits per heavy atom. The van der Waals surface area contributed by atoms with Crippen molar-refractivity contribution in [3.05, 3.63) is 70.1 Å². The number of anilines is 6. The van der Waals surface area contributed by atoms with Crippen LogP contribution in [0.2, 0.25) is 10.0 Å². The Morgan fingerprint density at radius 2 is 1.95 bits per heavy atom. The number of carbonyl (C=O) groups excluding carboxylic acids is 1. The Labute approximate surface area is 249 Å². The molecule has 9 nitrogen and oxygen atoms in total. The lowest BCUT2D eigenvalue weighted by atomic mass is 9.92. The molecule has 41 heavy (non-hydrogen) atoms. The zero-order valence-corrected chi connectivity index (χ0v) is 24.0. The average molecular weight is 592 g/mol. The number of nitrogens with zero attached hydrogens (tertiary/aromatic N) is 4. The minimum Gasteiger partial charge on any atom is -0.396 e. The number of benzene rings is 2. The Balaban J connectivity index is 1.14. The number of allylic oxidation sites excluding steroid dienone is 1. The van der Waals surface area contributed by atoms with Crippen LogP contribution in [0.3, 0.4) is 0 Å². The normalized spacial score (nSPS) is 18.6. The first kappa shape index (κ1) is 27.4. The quantitative estimate of drug-likeness (QED) is 0.251. The number of nitrogens with two attached hydrogens (primary N) is 1. The molecule has 1 aromatic heterocycles. The Kier molecular flexibility index (Phi) is 7.98. The van der Waals surface area contributed by atoms with Crippen molar-refractivity contribution in [3.63, 3.8) is 0 Å². The van der Waals surface area contributed by atoms with E-state index in [0.29, 0.717) is 39.8 Å². The third-order valence-electron chi connectivity index (χ3n) is 7.91. The highest BCUT2D eigenvalue weighted by atomic mass is 35.5. The van der Waals surface area contributed by atoms with Crippen LogP contribution < -0.4 is 26.6 Å². The molecule has 6 bridgehead atoms. The molecule has 0 radical (unpaired) electrons. The van der Waals surface area contributed by atoms with E-state index in [0.717, 1.165) is 73.5 Å². The van der Waals surface area contributed by atoms with Crippen molar-refractivity contribution in [3.8, 4) is 0 Å². The molecule has 1 atom stereocenters. The van der Waals surface area contributed by atoms with Crippen molar-refractivity contribution in [1.29, 1.82) is 0 Å². The molecule has 1 amide bonds. The van der Waals surface area contributed by atoms with Crippen molar-refractivity contribution in [1.82, 2.24) is 9.97 Å². The third kappa shape index (κ3) is 6.41. The zero-order valence-electron chi connectivity index (χ0n) is 22.5. The summed E-state index contributed by atoms with van der Waals surface area (Å²) >= 11 is 12.6. The molecule has 2 aromatic carbocycles. The Hall–Kier alpha value is -3.82. The van der Waals surface area contributed by atoms with Gasteiger partial charge in [0.15, 0.2) is 5.82 Å². The van der Waals surface area contributed by atoms with Crippen molar-refractivity contribution >= 4 is 69.8 Å². The second-order valence-corrected chi connectivity index (χ2v) is 11.6. The molecule has 1 unspecified atom stereocenters. The van der Waals surface area contributed by atoms with Gasteiger partial charge in [-0.3, -0.25) is 9.79 Å². The van der Waals surface area contributed by atoms with Gasteiger partial charge in [0.2, 0.25) is 11.9 Å². The van der Waals surface area contributed by atoms with Crippen molar-refractivity contribution in [2.75, 3.05) is 39.7 Å². The molecule has 0 saturated carbocycles. The predicted molar refractivity (Wildman–Crippen MR) is 167 cm³/mol. The number of fused-ring (bicyclic) bond motifs is 6. The average Bonchev–Trinajstić information content (AvgIpc) is 2.97. The molecular formula is C30H32Cl2N8O. The molecule has 11 heteroatoms. The van der Waals surface area contributed by atoms with Crippen molar-refractivity contribution in [2.45, 2.75) is 38.5 Å². The summed E-state index contributed by atoms with van der Waals surface area (Å²) in [6.45, 7) is 1.69. The summed E-state index contributed by atoms with van der Waals surface area (Å²) < 4.78 is 0. The monoisotopic (exact) mass is 590 g/mol. The number of aromatic nitrogens is 2. The molecule has 1 fully saturated rings. The van der Waals surface area contributed by atoms with Crippen molar-refractivity contribution in [2.24, 2.45) is 16.8 Å². The predicted octanol–water partition coefficient (Wildman–Crippen LogP) is 6.64. The van der Waals surface area contributed by atoms with E-state index in [9.17, 15) is 4.79 Å². The number of hydrogen-bond acceptors (Lipinski definition) is 8. The first-order valence-corrected chi connectivity index (χ1v) is 14.7. The summed E-state index contributed by atoms with van der Waals surface area (Å²) in [5.74, 6) is 1.57. The van der Waals surface area contributed by atoms with Crippen LogP contribution in [-0.2, 0) is 11.2 Å². The first-order chi connectivity index (χ1) is 19.9. The number of aryl methyl sites for hydroxylation is 1. The number of piperidine rings is 1. The Morgan fingerprint density at radius 3 is 2.80 bits per heavy atom. The van der Waals surface area contributed by atoms with E-state index in [1.54, 1.807) is 18.5 Å². The van der Waals surface area contributed by atoms with E-state index in [1.807, 2.05) is 30.5 Å². The van der Waals surface area contributed by atoms with Crippen molar-refractivity contribution < 1.29 is 4.79 Å². The highest BCUT2D eigenvalue weighted by Crippen LogP contribution is 2.34. The number of nitrogens with one attached hydrogen (secondary N) is 3. The number of halogens is 2. The maximum Gasteiger partial charge on any atom is 0.229 e. The van der Waals surface area contributed by atoms with Gasteiger partial charge in [-0.1, -0.05) is 29.3 Å². The summed E-state index contributed by atoms with van der Waals surface area (Å²) in [7, 11) is 0. The fourth-order valence-corrected chi connectivity index (χ4v) is 5.99. The molecule has 5 N–H and O–H groups in total. The highest BCUT2D eigenvalue weighted by molar-refractivity contribution is 6.33. The fourth-order valence-electron chi connectivity index (χ4n) is 5.68. The third-order valence-corrected chi connectivity index (χ3v) is 8.52.